The van der Waals surface area contributed by atoms with E-state index in [-0.39, 0.29) is 23.7 Å². The van der Waals surface area contributed by atoms with E-state index in [1.807, 2.05) is 26.0 Å². The molecule has 2 aliphatic rings. The zero-order chi connectivity index (χ0) is 18.9. The molecular weight excluding hydrogens is 352 g/mol. The summed E-state index contributed by atoms with van der Waals surface area (Å²) in [5.74, 6) is 0.0570. The third-order valence-corrected chi connectivity index (χ3v) is 5.71. The number of piperidine rings is 1. The predicted molar refractivity (Wildman–Crippen MR) is 101 cm³/mol. The van der Waals surface area contributed by atoms with Gasteiger partial charge in [-0.1, -0.05) is 37.6 Å². The molecule has 2 amide bonds. The van der Waals surface area contributed by atoms with E-state index < -0.39 is 11.6 Å². The first kappa shape index (κ1) is 19.2. The van der Waals surface area contributed by atoms with E-state index in [9.17, 15) is 14.7 Å². The summed E-state index contributed by atoms with van der Waals surface area (Å²) >= 11 is 5.92. The van der Waals surface area contributed by atoms with Crippen LogP contribution in [-0.2, 0) is 15.2 Å². The highest BCUT2D eigenvalue weighted by Gasteiger charge is 2.39. The summed E-state index contributed by atoms with van der Waals surface area (Å²) in [7, 11) is 0. The lowest BCUT2D eigenvalue weighted by Gasteiger charge is -2.40. The molecule has 1 aliphatic carbocycles. The Morgan fingerprint density at radius 2 is 1.77 bits per heavy atom. The second-order valence-electron chi connectivity index (χ2n) is 7.87. The number of carbonyl (C=O) groups is 2. The van der Waals surface area contributed by atoms with Crippen LogP contribution in [0, 0.1) is 11.8 Å². The van der Waals surface area contributed by atoms with Gasteiger partial charge in [-0.3, -0.25) is 9.59 Å². The lowest BCUT2D eigenvalue weighted by Crippen LogP contribution is -2.54. The van der Waals surface area contributed by atoms with Crippen LogP contribution in [-0.4, -0.2) is 41.0 Å². The van der Waals surface area contributed by atoms with Crippen molar-refractivity contribution >= 4 is 23.4 Å². The minimum Gasteiger partial charge on any atom is -0.385 e. The molecule has 1 saturated carbocycles. The van der Waals surface area contributed by atoms with Gasteiger partial charge in [-0.05, 0) is 49.3 Å². The molecule has 2 fully saturated rings. The fourth-order valence-electron chi connectivity index (χ4n) is 3.47. The summed E-state index contributed by atoms with van der Waals surface area (Å²) in [5, 5.41) is 14.5. The molecule has 0 unspecified atom stereocenters. The van der Waals surface area contributed by atoms with Crippen LogP contribution < -0.4 is 5.32 Å². The molecule has 1 aliphatic heterocycles. The third-order valence-electron chi connectivity index (χ3n) is 5.46. The van der Waals surface area contributed by atoms with Crippen LogP contribution in [0.4, 0.5) is 0 Å². The van der Waals surface area contributed by atoms with Crippen molar-refractivity contribution in [1.29, 1.82) is 0 Å². The largest absolute Gasteiger partial charge is 0.385 e. The molecule has 6 heteroatoms. The van der Waals surface area contributed by atoms with Crippen molar-refractivity contribution in [3.8, 4) is 0 Å². The number of amides is 2. The first-order valence-electron chi connectivity index (χ1n) is 9.38. The molecule has 0 bridgehead atoms. The van der Waals surface area contributed by atoms with Crippen LogP contribution >= 0.6 is 11.6 Å². The number of carbonyl (C=O) groups excluding carboxylic acids is 2. The monoisotopic (exact) mass is 378 g/mol. The number of likely N-dealkylation sites (tertiary alicyclic amines) is 1. The first-order chi connectivity index (χ1) is 12.3. The highest BCUT2D eigenvalue weighted by Crippen LogP contribution is 2.34. The van der Waals surface area contributed by atoms with E-state index in [0.717, 1.165) is 18.4 Å². The lowest BCUT2D eigenvalue weighted by atomic mass is 9.84. The average Bonchev–Trinajstić information content (AvgIpc) is 3.45. The van der Waals surface area contributed by atoms with Gasteiger partial charge in [0, 0.05) is 24.0 Å². The molecule has 1 atom stereocenters. The minimum atomic E-state index is -0.939. The molecule has 0 radical (unpaired) electrons. The minimum absolute atomic E-state index is 0.00766. The fourth-order valence-corrected chi connectivity index (χ4v) is 3.60. The van der Waals surface area contributed by atoms with Gasteiger partial charge in [-0.25, -0.2) is 0 Å². The van der Waals surface area contributed by atoms with E-state index in [0.29, 0.717) is 31.0 Å². The lowest BCUT2D eigenvalue weighted by molar-refractivity contribution is -0.141. The number of nitrogens with zero attached hydrogens (tertiary/aromatic N) is 1. The standard InChI is InChI=1S/C20H27ClN2O3/c1-13(2)17(22-18(24)14-3-4-14)19(25)23-11-9-20(26,10-12-23)15-5-7-16(21)8-6-15/h5-8,13-14,17,26H,3-4,9-12H2,1-2H3,(H,22,24)/t17-/m1/s1. The van der Waals surface area contributed by atoms with Gasteiger partial charge in [-0.15, -0.1) is 0 Å². The maximum absolute atomic E-state index is 12.9. The van der Waals surface area contributed by atoms with E-state index in [4.69, 9.17) is 11.6 Å². The summed E-state index contributed by atoms with van der Waals surface area (Å²) in [6.45, 7) is 4.84. The molecule has 3 rings (SSSR count). The molecule has 1 saturated heterocycles. The first-order valence-corrected chi connectivity index (χ1v) is 9.75. The fraction of sp³-hybridized carbons (Fsp3) is 0.600. The van der Waals surface area contributed by atoms with Crippen molar-refractivity contribution in [2.75, 3.05) is 13.1 Å². The Morgan fingerprint density at radius 3 is 2.27 bits per heavy atom. The molecule has 1 aromatic carbocycles. The van der Waals surface area contributed by atoms with Gasteiger partial charge in [0.05, 0.1) is 5.60 Å². The van der Waals surface area contributed by atoms with Crippen molar-refractivity contribution < 1.29 is 14.7 Å². The average molecular weight is 379 g/mol. The smallest absolute Gasteiger partial charge is 0.245 e. The van der Waals surface area contributed by atoms with Crippen LogP contribution in [0.5, 0.6) is 0 Å². The summed E-state index contributed by atoms with van der Waals surface area (Å²) < 4.78 is 0. The normalized spacial score (nSPS) is 20.7. The SMILES string of the molecule is CC(C)[C@@H](NC(=O)C1CC1)C(=O)N1CCC(O)(c2ccc(Cl)cc2)CC1. The van der Waals surface area contributed by atoms with E-state index in [1.165, 1.54) is 0 Å². The van der Waals surface area contributed by atoms with E-state index >= 15 is 0 Å². The van der Waals surface area contributed by atoms with Crippen LogP contribution in [0.1, 0.15) is 45.1 Å². The second-order valence-corrected chi connectivity index (χ2v) is 8.30. The molecule has 0 aromatic heterocycles. The predicted octanol–water partition coefficient (Wildman–Crippen LogP) is 2.70. The maximum atomic E-state index is 12.9. The van der Waals surface area contributed by atoms with Crippen LogP contribution in [0.3, 0.4) is 0 Å². The Morgan fingerprint density at radius 1 is 1.19 bits per heavy atom. The summed E-state index contributed by atoms with van der Waals surface area (Å²) in [6, 6.07) is 6.73. The van der Waals surface area contributed by atoms with Crippen molar-refractivity contribution in [3.63, 3.8) is 0 Å². The molecule has 26 heavy (non-hydrogen) atoms. The second kappa shape index (κ2) is 7.57. The molecular formula is C20H27ClN2O3. The zero-order valence-electron chi connectivity index (χ0n) is 15.4. The van der Waals surface area contributed by atoms with E-state index in [1.54, 1.807) is 17.0 Å². The zero-order valence-corrected chi connectivity index (χ0v) is 16.1. The van der Waals surface area contributed by atoms with Crippen LogP contribution in [0.2, 0.25) is 5.02 Å². The van der Waals surface area contributed by atoms with Gasteiger partial charge in [0.2, 0.25) is 11.8 Å². The molecule has 1 aromatic rings. The number of halogens is 1. The molecule has 2 N–H and O–H groups in total. The van der Waals surface area contributed by atoms with Crippen molar-refractivity contribution in [2.24, 2.45) is 11.8 Å². The number of nitrogens with one attached hydrogen (secondary N) is 1. The Balaban J connectivity index is 1.62. The van der Waals surface area contributed by atoms with Crippen molar-refractivity contribution in [1.82, 2.24) is 10.2 Å². The summed E-state index contributed by atoms with van der Waals surface area (Å²) in [5.41, 5.74) is -0.108. The van der Waals surface area contributed by atoms with Crippen LogP contribution in [0.25, 0.3) is 0 Å². The number of benzene rings is 1. The number of rotatable bonds is 5. The summed E-state index contributed by atoms with van der Waals surface area (Å²) in [6.07, 6.45) is 2.79. The van der Waals surface area contributed by atoms with Gasteiger partial charge in [0.1, 0.15) is 6.04 Å². The Bertz CT molecular complexity index is 662. The highest BCUT2D eigenvalue weighted by molar-refractivity contribution is 6.30. The Kier molecular flexibility index (Phi) is 5.58. The topological polar surface area (TPSA) is 69.6 Å². The molecule has 1 heterocycles. The molecule has 142 valence electrons. The van der Waals surface area contributed by atoms with Crippen molar-refractivity contribution in [3.05, 3.63) is 34.9 Å². The third kappa shape index (κ3) is 4.21. The van der Waals surface area contributed by atoms with Gasteiger partial charge >= 0.3 is 0 Å². The van der Waals surface area contributed by atoms with Gasteiger partial charge in [0.15, 0.2) is 0 Å². The van der Waals surface area contributed by atoms with Crippen LogP contribution in [0.15, 0.2) is 24.3 Å². The summed E-state index contributed by atoms with van der Waals surface area (Å²) in [4.78, 5) is 26.8. The molecule has 0 spiro atoms. The number of hydrogen-bond donors (Lipinski definition) is 2. The Hall–Kier alpha value is -1.59. The van der Waals surface area contributed by atoms with Crippen molar-refractivity contribution in [2.45, 2.75) is 51.2 Å². The quantitative estimate of drug-likeness (QED) is 0.827. The molecule has 5 nitrogen and oxygen atoms in total. The van der Waals surface area contributed by atoms with Gasteiger partial charge in [-0.2, -0.15) is 0 Å². The highest BCUT2D eigenvalue weighted by atomic mass is 35.5. The Labute approximate surface area is 159 Å². The number of aliphatic hydroxyl groups is 1. The number of hydrogen-bond acceptors (Lipinski definition) is 3. The van der Waals surface area contributed by atoms with Gasteiger partial charge in [0.25, 0.3) is 0 Å². The maximum Gasteiger partial charge on any atom is 0.245 e. The van der Waals surface area contributed by atoms with Gasteiger partial charge < -0.3 is 15.3 Å². The van der Waals surface area contributed by atoms with E-state index in [2.05, 4.69) is 5.32 Å².